The van der Waals surface area contributed by atoms with Gasteiger partial charge in [-0.3, -0.25) is 9.59 Å². The quantitative estimate of drug-likeness (QED) is 0.424. The lowest BCUT2D eigenvalue weighted by molar-refractivity contribution is 0.0995. The SMILES string of the molecule is CCC(C)n1ncc2c(C(=O)Nc3ccc(Oc4ccccc4C(N)=O)cc3)cc(C)nc21. The summed E-state index contributed by atoms with van der Waals surface area (Å²) in [5.74, 6) is 0.0699. The Labute approximate surface area is 191 Å². The Balaban J connectivity index is 1.55. The highest BCUT2D eigenvalue weighted by Crippen LogP contribution is 2.27. The maximum atomic E-state index is 13.1. The first-order valence-corrected chi connectivity index (χ1v) is 10.7. The molecule has 4 aromatic rings. The summed E-state index contributed by atoms with van der Waals surface area (Å²) in [6, 6.07) is 15.6. The van der Waals surface area contributed by atoms with Gasteiger partial charge in [0.25, 0.3) is 11.8 Å². The first-order chi connectivity index (χ1) is 15.9. The predicted molar refractivity (Wildman–Crippen MR) is 127 cm³/mol. The minimum absolute atomic E-state index is 0.181. The number of nitrogens with one attached hydrogen (secondary N) is 1. The van der Waals surface area contributed by atoms with E-state index in [4.69, 9.17) is 10.5 Å². The Hall–Kier alpha value is -4.20. The number of fused-ring (bicyclic) bond motifs is 1. The molecule has 0 saturated heterocycles. The van der Waals surface area contributed by atoms with Crippen LogP contribution in [-0.4, -0.2) is 26.6 Å². The number of hydrogen-bond donors (Lipinski definition) is 2. The molecule has 8 nitrogen and oxygen atoms in total. The van der Waals surface area contributed by atoms with E-state index in [1.807, 2.05) is 11.6 Å². The van der Waals surface area contributed by atoms with E-state index in [1.165, 1.54) is 0 Å². The van der Waals surface area contributed by atoms with E-state index in [0.29, 0.717) is 39.3 Å². The van der Waals surface area contributed by atoms with Crippen LogP contribution in [0, 0.1) is 6.92 Å². The van der Waals surface area contributed by atoms with Gasteiger partial charge in [-0.1, -0.05) is 19.1 Å². The summed E-state index contributed by atoms with van der Waals surface area (Å²) >= 11 is 0. The summed E-state index contributed by atoms with van der Waals surface area (Å²) < 4.78 is 7.65. The van der Waals surface area contributed by atoms with Gasteiger partial charge in [0.15, 0.2) is 5.65 Å². The van der Waals surface area contributed by atoms with Crippen molar-refractivity contribution in [2.24, 2.45) is 5.73 Å². The van der Waals surface area contributed by atoms with E-state index >= 15 is 0 Å². The average Bonchev–Trinajstić information content (AvgIpc) is 3.23. The average molecular weight is 444 g/mol. The zero-order valence-electron chi connectivity index (χ0n) is 18.7. The van der Waals surface area contributed by atoms with Crippen molar-refractivity contribution in [1.29, 1.82) is 0 Å². The standard InChI is InChI=1S/C25H25N5O3/c1-4-16(3)30-24-21(14-27-30)20(13-15(2)28-24)25(32)29-17-9-11-18(12-10-17)33-22-8-6-5-7-19(22)23(26)31/h5-14,16H,4H2,1-3H3,(H2,26,31)(H,29,32). The van der Waals surface area contributed by atoms with Gasteiger partial charge in [-0.05, 0) is 62.7 Å². The Morgan fingerprint density at radius 2 is 1.85 bits per heavy atom. The van der Waals surface area contributed by atoms with Gasteiger partial charge >= 0.3 is 0 Å². The number of primary amides is 1. The van der Waals surface area contributed by atoms with E-state index in [9.17, 15) is 9.59 Å². The number of carbonyl (C=O) groups is 2. The second-order valence-electron chi connectivity index (χ2n) is 7.84. The highest BCUT2D eigenvalue weighted by atomic mass is 16.5. The fourth-order valence-corrected chi connectivity index (χ4v) is 3.52. The number of nitrogens with zero attached hydrogens (tertiary/aromatic N) is 3. The fraction of sp³-hybridized carbons (Fsp3) is 0.200. The topological polar surface area (TPSA) is 112 Å². The number of hydrogen-bond acceptors (Lipinski definition) is 5. The van der Waals surface area contributed by atoms with Crippen molar-refractivity contribution >= 4 is 28.5 Å². The van der Waals surface area contributed by atoms with E-state index in [-0.39, 0.29) is 11.9 Å². The van der Waals surface area contributed by atoms with Gasteiger partial charge in [0.05, 0.1) is 28.8 Å². The summed E-state index contributed by atoms with van der Waals surface area (Å²) in [7, 11) is 0. The molecule has 0 aliphatic rings. The highest BCUT2D eigenvalue weighted by Gasteiger charge is 2.18. The van der Waals surface area contributed by atoms with E-state index in [1.54, 1.807) is 60.8 Å². The summed E-state index contributed by atoms with van der Waals surface area (Å²) in [4.78, 5) is 29.2. The van der Waals surface area contributed by atoms with Crippen LogP contribution in [0.15, 0.2) is 60.8 Å². The molecule has 1 unspecified atom stereocenters. The number of aryl methyl sites for hydroxylation is 1. The summed E-state index contributed by atoms with van der Waals surface area (Å²) in [5, 5.41) is 8.08. The smallest absolute Gasteiger partial charge is 0.256 e. The number of aromatic nitrogens is 3. The molecule has 4 rings (SSSR count). The van der Waals surface area contributed by atoms with Crippen molar-refractivity contribution in [3.63, 3.8) is 0 Å². The number of nitrogens with two attached hydrogens (primary N) is 1. The van der Waals surface area contributed by atoms with E-state index in [2.05, 4.69) is 29.2 Å². The molecule has 2 aromatic carbocycles. The summed E-state index contributed by atoms with van der Waals surface area (Å²) in [6.45, 7) is 6.02. The van der Waals surface area contributed by atoms with Crippen LogP contribution in [0.4, 0.5) is 5.69 Å². The lowest BCUT2D eigenvalue weighted by atomic mass is 10.1. The van der Waals surface area contributed by atoms with Gasteiger partial charge < -0.3 is 15.8 Å². The Kier molecular flexibility index (Phi) is 6.08. The normalized spacial score (nSPS) is 11.8. The molecule has 0 fully saturated rings. The molecule has 0 aliphatic carbocycles. The number of pyridine rings is 1. The second-order valence-corrected chi connectivity index (χ2v) is 7.84. The minimum Gasteiger partial charge on any atom is -0.457 e. The van der Waals surface area contributed by atoms with Crippen molar-refractivity contribution in [3.8, 4) is 11.5 Å². The Morgan fingerprint density at radius 3 is 2.55 bits per heavy atom. The van der Waals surface area contributed by atoms with E-state index < -0.39 is 5.91 Å². The van der Waals surface area contributed by atoms with Crippen LogP contribution < -0.4 is 15.8 Å². The van der Waals surface area contributed by atoms with Crippen LogP contribution in [0.2, 0.25) is 0 Å². The van der Waals surface area contributed by atoms with Gasteiger partial charge in [0, 0.05) is 11.4 Å². The number of carbonyl (C=O) groups excluding carboxylic acids is 2. The Morgan fingerprint density at radius 1 is 1.12 bits per heavy atom. The number of anilines is 1. The van der Waals surface area contributed by atoms with Crippen molar-refractivity contribution in [2.45, 2.75) is 33.2 Å². The number of benzene rings is 2. The van der Waals surface area contributed by atoms with Gasteiger partial charge in [-0.2, -0.15) is 5.10 Å². The summed E-state index contributed by atoms with van der Waals surface area (Å²) in [6.07, 6.45) is 2.60. The largest absolute Gasteiger partial charge is 0.457 e. The third-order valence-corrected chi connectivity index (χ3v) is 5.44. The second kappa shape index (κ2) is 9.12. The third-order valence-electron chi connectivity index (χ3n) is 5.44. The molecule has 0 saturated carbocycles. The molecule has 2 aromatic heterocycles. The number of ether oxygens (including phenoxy) is 1. The number of para-hydroxylation sites is 1. The van der Waals surface area contributed by atoms with Crippen molar-refractivity contribution < 1.29 is 14.3 Å². The minimum atomic E-state index is -0.565. The van der Waals surface area contributed by atoms with Crippen molar-refractivity contribution in [1.82, 2.24) is 14.8 Å². The molecule has 8 heteroatoms. The molecule has 0 bridgehead atoms. The first kappa shape index (κ1) is 22.0. The zero-order chi connectivity index (χ0) is 23.5. The van der Waals surface area contributed by atoms with Crippen molar-refractivity contribution in [3.05, 3.63) is 77.6 Å². The maximum absolute atomic E-state index is 13.1. The van der Waals surface area contributed by atoms with Crippen LogP contribution in [0.3, 0.4) is 0 Å². The van der Waals surface area contributed by atoms with Gasteiger partial charge in [-0.25, -0.2) is 9.67 Å². The van der Waals surface area contributed by atoms with E-state index in [0.717, 1.165) is 12.1 Å². The van der Waals surface area contributed by atoms with Gasteiger partial charge in [0.2, 0.25) is 0 Å². The molecule has 1 atom stereocenters. The number of rotatable bonds is 7. The van der Waals surface area contributed by atoms with Crippen LogP contribution in [-0.2, 0) is 0 Å². The highest BCUT2D eigenvalue weighted by molar-refractivity contribution is 6.12. The lowest BCUT2D eigenvalue weighted by Crippen LogP contribution is -2.13. The molecule has 0 spiro atoms. The molecule has 2 heterocycles. The first-order valence-electron chi connectivity index (χ1n) is 10.7. The maximum Gasteiger partial charge on any atom is 0.256 e. The summed E-state index contributed by atoms with van der Waals surface area (Å²) in [5.41, 5.74) is 8.26. The molecule has 168 valence electrons. The van der Waals surface area contributed by atoms with Gasteiger partial charge in [-0.15, -0.1) is 0 Å². The predicted octanol–water partition coefficient (Wildman–Crippen LogP) is 4.85. The van der Waals surface area contributed by atoms with Crippen molar-refractivity contribution in [2.75, 3.05) is 5.32 Å². The molecular formula is C25H25N5O3. The molecule has 0 radical (unpaired) electrons. The Bertz CT molecular complexity index is 1330. The molecular weight excluding hydrogens is 418 g/mol. The molecule has 3 N–H and O–H groups in total. The molecule has 0 aliphatic heterocycles. The monoisotopic (exact) mass is 443 g/mol. The molecule has 33 heavy (non-hydrogen) atoms. The number of amides is 2. The van der Waals surface area contributed by atoms with Crippen LogP contribution in [0.1, 0.15) is 52.7 Å². The molecule has 2 amide bonds. The lowest BCUT2D eigenvalue weighted by Gasteiger charge is -2.12. The van der Waals surface area contributed by atoms with Crippen LogP contribution in [0.25, 0.3) is 11.0 Å². The fourth-order valence-electron chi connectivity index (χ4n) is 3.52. The third kappa shape index (κ3) is 4.55. The van der Waals surface area contributed by atoms with Crippen LogP contribution >= 0.6 is 0 Å². The van der Waals surface area contributed by atoms with Gasteiger partial charge in [0.1, 0.15) is 11.5 Å². The van der Waals surface area contributed by atoms with Crippen LogP contribution in [0.5, 0.6) is 11.5 Å². The zero-order valence-corrected chi connectivity index (χ0v) is 18.7.